The molecule has 1 aromatic heterocycles. The van der Waals surface area contributed by atoms with Gasteiger partial charge in [0, 0.05) is 31.8 Å². The van der Waals surface area contributed by atoms with E-state index in [1.165, 1.54) is 16.8 Å². The summed E-state index contributed by atoms with van der Waals surface area (Å²) in [7, 11) is -2.94. The minimum absolute atomic E-state index is 0.0326. The summed E-state index contributed by atoms with van der Waals surface area (Å²) >= 11 is 0. The second-order valence-electron chi connectivity index (χ2n) is 5.13. The Balaban J connectivity index is 1.78. The lowest BCUT2D eigenvalue weighted by Crippen LogP contribution is -2.33. The number of hydrogen-bond donors (Lipinski definition) is 2. The molecule has 8 nitrogen and oxygen atoms in total. The molecule has 0 spiro atoms. The summed E-state index contributed by atoms with van der Waals surface area (Å²) in [6.45, 7) is 0.489. The molecule has 2 N–H and O–H groups in total. The molecule has 21 heavy (non-hydrogen) atoms. The van der Waals surface area contributed by atoms with Gasteiger partial charge in [-0.3, -0.25) is 14.6 Å². The molecule has 1 unspecified atom stereocenters. The van der Waals surface area contributed by atoms with E-state index in [0.717, 1.165) is 0 Å². The second kappa shape index (κ2) is 6.25. The first-order valence-corrected chi connectivity index (χ1v) is 8.45. The first-order chi connectivity index (χ1) is 9.85. The standard InChI is InChI=1S/C12H17N3O5S/c16-10(13-7-9-3-6-21(19,20)8-9)1-4-15-5-2-11(17)14-12(15)18/h2,5,9H,1,3-4,6-8H2,(H,13,16)(H,14,17,18). The molecule has 1 aromatic rings. The van der Waals surface area contributed by atoms with Gasteiger partial charge in [-0.1, -0.05) is 0 Å². The van der Waals surface area contributed by atoms with Crippen molar-refractivity contribution < 1.29 is 13.2 Å². The highest BCUT2D eigenvalue weighted by atomic mass is 32.2. The minimum atomic E-state index is -2.94. The van der Waals surface area contributed by atoms with Crippen LogP contribution in [0.15, 0.2) is 21.9 Å². The van der Waals surface area contributed by atoms with Crippen LogP contribution >= 0.6 is 0 Å². The zero-order chi connectivity index (χ0) is 15.5. The molecule has 2 heterocycles. The van der Waals surface area contributed by atoms with Gasteiger partial charge >= 0.3 is 5.69 Å². The van der Waals surface area contributed by atoms with E-state index in [1.807, 2.05) is 0 Å². The van der Waals surface area contributed by atoms with Crippen LogP contribution in [0.1, 0.15) is 12.8 Å². The number of H-pyrrole nitrogens is 1. The average molecular weight is 315 g/mol. The van der Waals surface area contributed by atoms with Gasteiger partial charge in [0.15, 0.2) is 9.84 Å². The maximum absolute atomic E-state index is 11.7. The molecule has 0 aliphatic carbocycles. The molecule has 0 aromatic carbocycles. The van der Waals surface area contributed by atoms with Crippen molar-refractivity contribution in [2.45, 2.75) is 19.4 Å². The Morgan fingerprint density at radius 3 is 2.81 bits per heavy atom. The lowest BCUT2D eigenvalue weighted by atomic mass is 10.1. The largest absolute Gasteiger partial charge is 0.356 e. The summed E-state index contributed by atoms with van der Waals surface area (Å²) in [5.41, 5.74) is -1.04. The van der Waals surface area contributed by atoms with E-state index in [0.29, 0.717) is 13.0 Å². The minimum Gasteiger partial charge on any atom is -0.356 e. The van der Waals surface area contributed by atoms with Crippen LogP contribution in [0.4, 0.5) is 0 Å². The molecular formula is C12H17N3O5S. The zero-order valence-electron chi connectivity index (χ0n) is 11.4. The van der Waals surface area contributed by atoms with Crippen molar-refractivity contribution in [3.63, 3.8) is 0 Å². The number of nitrogens with zero attached hydrogens (tertiary/aromatic N) is 1. The predicted octanol–water partition coefficient (Wildman–Crippen LogP) is -1.52. The summed E-state index contributed by atoms with van der Waals surface area (Å²) in [5.74, 6) is 0.0135. The lowest BCUT2D eigenvalue weighted by molar-refractivity contribution is -0.121. The molecule has 0 bridgehead atoms. The van der Waals surface area contributed by atoms with Gasteiger partial charge in [-0.2, -0.15) is 0 Å². The molecular weight excluding hydrogens is 298 g/mol. The summed E-state index contributed by atoms with van der Waals surface area (Å²) in [4.78, 5) is 36.1. The molecule has 1 saturated heterocycles. The van der Waals surface area contributed by atoms with Crippen molar-refractivity contribution in [3.05, 3.63) is 33.1 Å². The third kappa shape index (κ3) is 4.55. The van der Waals surface area contributed by atoms with Crippen LogP contribution in [0.3, 0.4) is 0 Å². The van der Waals surface area contributed by atoms with Gasteiger partial charge in [0.1, 0.15) is 0 Å². The molecule has 0 saturated carbocycles. The van der Waals surface area contributed by atoms with Crippen LogP contribution in [0, 0.1) is 5.92 Å². The molecule has 1 fully saturated rings. The number of rotatable bonds is 5. The molecule has 1 atom stereocenters. The van der Waals surface area contributed by atoms with Crippen molar-refractivity contribution in [2.75, 3.05) is 18.1 Å². The molecule has 2 rings (SSSR count). The first-order valence-electron chi connectivity index (χ1n) is 6.62. The Morgan fingerprint density at radius 2 is 2.19 bits per heavy atom. The van der Waals surface area contributed by atoms with Gasteiger partial charge in [0.25, 0.3) is 5.56 Å². The van der Waals surface area contributed by atoms with Gasteiger partial charge in [0.05, 0.1) is 11.5 Å². The Bertz CT molecular complexity index is 734. The number of carbonyl (C=O) groups is 1. The van der Waals surface area contributed by atoms with E-state index in [2.05, 4.69) is 10.3 Å². The highest BCUT2D eigenvalue weighted by Gasteiger charge is 2.27. The Kier molecular flexibility index (Phi) is 4.61. The fourth-order valence-electron chi connectivity index (χ4n) is 2.22. The summed E-state index contributed by atoms with van der Waals surface area (Å²) in [6, 6.07) is 1.21. The number of amides is 1. The Hall–Kier alpha value is -1.90. The monoisotopic (exact) mass is 315 g/mol. The summed E-state index contributed by atoms with van der Waals surface area (Å²) < 4.78 is 23.8. The Morgan fingerprint density at radius 1 is 1.43 bits per heavy atom. The van der Waals surface area contributed by atoms with E-state index >= 15 is 0 Å². The zero-order valence-corrected chi connectivity index (χ0v) is 12.2. The molecule has 9 heteroatoms. The van der Waals surface area contributed by atoms with E-state index in [4.69, 9.17) is 0 Å². The number of hydrogen-bond acceptors (Lipinski definition) is 5. The van der Waals surface area contributed by atoms with Crippen LogP contribution in [0.25, 0.3) is 0 Å². The van der Waals surface area contributed by atoms with Gasteiger partial charge < -0.3 is 9.88 Å². The number of aromatic nitrogens is 2. The van der Waals surface area contributed by atoms with E-state index < -0.39 is 21.1 Å². The van der Waals surface area contributed by atoms with Crippen LogP contribution in [0.2, 0.25) is 0 Å². The smallest absolute Gasteiger partial charge is 0.328 e. The molecule has 1 aliphatic heterocycles. The fraction of sp³-hybridized carbons (Fsp3) is 0.583. The van der Waals surface area contributed by atoms with E-state index in [1.54, 1.807) is 0 Å². The van der Waals surface area contributed by atoms with Crippen LogP contribution in [-0.4, -0.2) is 41.9 Å². The quantitative estimate of drug-likeness (QED) is 0.684. The second-order valence-corrected chi connectivity index (χ2v) is 7.36. The molecule has 116 valence electrons. The number of sulfone groups is 1. The number of aromatic amines is 1. The van der Waals surface area contributed by atoms with Crippen molar-refractivity contribution in [1.82, 2.24) is 14.9 Å². The van der Waals surface area contributed by atoms with E-state index in [9.17, 15) is 22.8 Å². The SMILES string of the molecule is O=C(CCn1ccc(=O)[nH]c1=O)NCC1CCS(=O)(=O)C1. The topological polar surface area (TPSA) is 118 Å². The predicted molar refractivity (Wildman–Crippen MR) is 75.7 cm³/mol. The van der Waals surface area contributed by atoms with Crippen LogP contribution < -0.4 is 16.6 Å². The number of carbonyl (C=O) groups excluding carboxylic acids is 1. The highest BCUT2D eigenvalue weighted by Crippen LogP contribution is 2.17. The van der Waals surface area contributed by atoms with Crippen molar-refractivity contribution in [2.24, 2.45) is 5.92 Å². The average Bonchev–Trinajstić information content (AvgIpc) is 2.75. The third-order valence-corrected chi connectivity index (χ3v) is 5.23. The molecule has 0 radical (unpaired) electrons. The summed E-state index contributed by atoms with van der Waals surface area (Å²) in [5, 5.41) is 2.67. The first kappa shape index (κ1) is 15.5. The Labute approximate surface area is 121 Å². The lowest BCUT2D eigenvalue weighted by Gasteiger charge is -2.10. The van der Waals surface area contributed by atoms with Crippen molar-refractivity contribution in [1.29, 1.82) is 0 Å². The highest BCUT2D eigenvalue weighted by molar-refractivity contribution is 7.91. The number of nitrogens with one attached hydrogen (secondary N) is 2. The normalized spacial score (nSPS) is 20.3. The maximum atomic E-state index is 11.7. The van der Waals surface area contributed by atoms with Crippen molar-refractivity contribution >= 4 is 15.7 Å². The van der Waals surface area contributed by atoms with Crippen molar-refractivity contribution in [3.8, 4) is 0 Å². The van der Waals surface area contributed by atoms with E-state index in [-0.39, 0.29) is 36.3 Å². The van der Waals surface area contributed by atoms with Gasteiger partial charge in [-0.05, 0) is 12.3 Å². The maximum Gasteiger partial charge on any atom is 0.328 e. The fourth-order valence-corrected chi connectivity index (χ4v) is 4.08. The molecule has 1 amide bonds. The van der Waals surface area contributed by atoms with Gasteiger partial charge in [-0.25, -0.2) is 13.2 Å². The summed E-state index contributed by atoms with van der Waals surface area (Å²) in [6.07, 6.45) is 1.99. The van der Waals surface area contributed by atoms with Crippen LogP contribution in [0.5, 0.6) is 0 Å². The van der Waals surface area contributed by atoms with Crippen LogP contribution in [-0.2, 0) is 21.2 Å². The van der Waals surface area contributed by atoms with Gasteiger partial charge in [-0.15, -0.1) is 0 Å². The van der Waals surface area contributed by atoms with Gasteiger partial charge in [0.2, 0.25) is 5.91 Å². The molecule has 1 aliphatic rings. The third-order valence-electron chi connectivity index (χ3n) is 3.39. The number of aryl methyl sites for hydroxylation is 1.